The number of ether oxygens (including phenoxy) is 1. The Labute approximate surface area is 107 Å². The summed E-state index contributed by atoms with van der Waals surface area (Å²) in [6.07, 6.45) is 1.78. The van der Waals surface area contributed by atoms with E-state index in [1.807, 2.05) is 18.2 Å². The summed E-state index contributed by atoms with van der Waals surface area (Å²) < 4.78 is 28.4. The zero-order valence-electron chi connectivity index (χ0n) is 10.0. The lowest BCUT2D eigenvalue weighted by Crippen LogP contribution is -2.29. The molecule has 1 heterocycles. The van der Waals surface area contributed by atoms with Crippen LogP contribution >= 0.6 is 0 Å². The minimum atomic E-state index is -3.15. The molecule has 0 radical (unpaired) electrons. The normalized spacial score (nSPS) is 29.2. The van der Waals surface area contributed by atoms with Crippen LogP contribution in [0.1, 0.15) is 17.5 Å². The first-order chi connectivity index (χ1) is 8.53. The first-order valence-electron chi connectivity index (χ1n) is 6.20. The molecule has 2 unspecified atom stereocenters. The lowest BCUT2D eigenvalue weighted by Gasteiger charge is -2.16. The van der Waals surface area contributed by atoms with E-state index in [0.717, 1.165) is 12.8 Å². The largest absolute Gasteiger partial charge is 0.487 e. The summed E-state index contributed by atoms with van der Waals surface area (Å²) in [4.78, 5) is 0. The van der Waals surface area contributed by atoms with Gasteiger partial charge in [-0.25, -0.2) is 8.42 Å². The molecule has 1 aliphatic heterocycles. The lowest BCUT2D eigenvalue weighted by molar-refractivity contribution is 0.0737. The number of aliphatic hydroxyl groups is 1. The lowest BCUT2D eigenvalue weighted by atomic mass is 10.1. The fourth-order valence-corrected chi connectivity index (χ4v) is 4.37. The summed E-state index contributed by atoms with van der Waals surface area (Å²) in [5.41, 5.74) is 2.63. The van der Waals surface area contributed by atoms with Gasteiger partial charge in [-0.1, -0.05) is 6.07 Å². The maximum absolute atomic E-state index is 11.4. The van der Waals surface area contributed by atoms with Gasteiger partial charge < -0.3 is 9.84 Å². The molecule has 0 aromatic heterocycles. The minimum absolute atomic E-state index is 0.0920. The highest BCUT2D eigenvalue weighted by atomic mass is 32.2. The average molecular weight is 268 g/mol. The standard InChI is InChI=1S/C13H16O4S/c14-12-7-18(15,16)8-13(12)17-11-5-4-9-2-1-3-10(9)6-11/h4-6,12-14H,1-3,7-8H2. The number of fused-ring (bicyclic) bond motifs is 1. The minimum Gasteiger partial charge on any atom is -0.487 e. The van der Waals surface area contributed by atoms with E-state index in [0.29, 0.717) is 5.75 Å². The van der Waals surface area contributed by atoms with Gasteiger partial charge in [0.05, 0.1) is 11.5 Å². The Hall–Kier alpha value is -1.07. The molecule has 1 aromatic rings. The van der Waals surface area contributed by atoms with E-state index >= 15 is 0 Å². The van der Waals surface area contributed by atoms with Gasteiger partial charge in [0.25, 0.3) is 0 Å². The van der Waals surface area contributed by atoms with Gasteiger partial charge in [-0.05, 0) is 42.5 Å². The molecule has 18 heavy (non-hydrogen) atoms. The number of hydrogen-bond acceptors (Lipinski definition) is 4. The highest BCUT2D eigenvalue weighted by molar-refractivity contribution is 7.91. The molecule has 2 aliphatic rings. The molecule has 1 fully saturated rings. The van der Waals surface area contributed by atoms with Gasteiger partial charge in [0.2, 0.25) is 0 Å². The molecule has 1 saturated heterocycles. The van der Waals surface area contributed by atoms with Gasteiger partial charge in [-0.2, -0.15) is 0 Å². The van der Waals surface area contributed by atoms with E-state index < -0.39 is 22.0 Å². The van der Waals surface area contributed by atoms with E-state index in [9.17, 15) is 13.5 Å². The number of aryl methyl sites for hydroxylation is 2. The summed E-state index contributed by atoms with van der Waals surface area (Å²) in [5.74, 6) is 0.380. The van der Waals surface area contributed by atoms with E-state index in [1.54, 1.807) is 0 Å². The van der Waals surface area contributed by atoms with Crippen LogP contribution in [0.3, 0.4) is 0 Å². The zero-order valence-corrected chi connectivity index (χ0v) is 10.8. The zero-order chi connectivity index (χ0) is 12.8. The Morgan fingerprint density at radius 3 is 2.67 bits per heavy atom. The van der Waals surface area contributed by atoms with Crippen LogP contribution in [0.25, 0.3) is 0 Å². The maximum Gasteiger partial charge on any atom is 0.156 e. The van der Waals surface area contributed by atoms with Gasteiger partial charge in [-0.3, -0.25) is 0 Å². The van der Waals surface area contributed by atoms with Gasteiger partial charge in [0, 0.05) is 0 Å². The van der Waals surface area contributed by atoms with Gasteiger partial charge >= 0.3 is 0 Å². The monoisotopic (exact) mass is 268 g/mol. The quantitative estimate of drug-likeness (QED) is 0.858. The Kier molecular flexibility index (Phi) is 2.83. The fourth-order valence-electron chi connectivity index (χ4n) is 2.71. The molecule has 0 spiro atoms. The Morgan fingerprint density at radius 2 is 1.94 bits per heavy atom. The van der Waals surface area contributed by atoms with Gasteiger partial charge in [0.15, 0.2) is 9.84 Å². The number of benzene rings is 1. The van der Waals surface area contributed by atoms with Crippen LogP contribution in [0.2, 0.25) is 0 Å². The van der Waals surface area contributed by atoms with Crippen molar-refractivity contribution in [2.24, 2.45) is 0 Å². The van der Waals surface area contributed by atoms with Crippen LogP contribution in [0.4, 0.5) is 0 Å². The van der Waals surface area contributed by atoms with Crippen LogP contribution in [0.15, 0.2) is 18.2 Å². The fraction of sp³-hybridized carbons (Fsp3) is 0.538. The summed E-state index contributed by atoms with van der Waals surface area (Å²) in [5, 5.41) is 9.68. The molecule has 1 aromatic carbocycles. The molecule has 2 atom stereocenters. The van der Waals surface area contributed by atoms with Crippen molar-refractivity contribution < 1.29 is 18.3 Å². The molecule has 0 amide bonds. The van der Waals surface area contributed by atoms with Crippen LogP contribution in [-0.2, 0) is 22.7 Å². The third-order valence-electron chi connectivity index (χ3n) is 3.63. The SMILES string of the molecule is O=S1(=O)CC(O)C(Oc2ccc3c(c2)CCC3)C1. The van der Waals surface area contributed by atoms with Gasteiger partial charge in [-0.15, -0.1) is 0 Å². The van der Waals surface area contributed by atoms with Crippen molar-refractivity contribution in [1.29, 1.82) is 0 Å². The smallest absolute Gasteiger partial charge is 0.156 e. The first kappa shape index (κ1) is 12.0. The number of hydrogen-bond donors (Lipinski definition) is 1. The molecule has 1 N–H and O–H groups in total. The molecule has 1 aliphatic carbocycles. The predicted octanol–water partition coefficient (Wildman–Crippen LogP) is 0.712. The van der Waals surface area contributed by atoms with Crippen molar-refractivity contribution in [3.05, 3.63) is 29.3 Å². The first-order valence-corrected chi connectivity index (χ1v) is 8.03. The van der Waals surface area contributed by atoms with E-state index in [-0.39, 0.29) is 11.5 Å². The number of aliphatic hydroxyl groups excluding tert-OH is 1. The topological polar surface area (TPSA) is 63.6 Å². The Balaban J connectivity index is 1.77. The molecule has 0 saturated carbocycles. The Morgan fingerprint density at radius 1 is 1.17 bits per heavy atom. The second-order valence-corrected chi connectivity index (χ2v) is 7.24. The predicted molar refractivity (Wildman–Crippen MR) is 67.5 cm³/mol. The molecule has 98 valence electrons. The molecule has 5 heteroatoms. The molecule has 3 rings (SSSR count). The maximum atomic E-state index is 11.4. The summed E-state index contributed by atoms with van der Waals surface area (Å²) >= 11 is 0. The molecular formula is C13H16O4S. The van der Waals surface area contributed by atoms with E-state index in [1.165, 1.54) is 17.5 Å². The second-order valence-electron chi connectivity index (χ2n) is 5.08. The third-order valence-corrected chi connectivity index (χ3v) is 5.32. The van der Waals surface area contributed by atoms with Crippen LogP contribution in [-0.4, -0.2) is 37.2 Å². The number of rotatable bonds is 2. The van der Waals surface area contributed by atoms with E-state index in [2.05, 4.69) is 0 Å². The van der Waals surface area contributed by atoms with Crippen molar-refractivity contribution in [3.8, 4) is 5.75 Å². The van der Waals surface area contributed by atoms with Crippen LogP contribution in [0.5, 0.6) is 5.75 Å². The highest BCUT2D eigenvalue weighted by Crippen LogP contribution is 2.28. The van der Waals surface area contributed by atoms with Crippen LogP contribution < -0.4 is 4.74 Å². The summed E-state index contributed by atoms with van der Waals surface area (Å²) in [7, 11) is -3.15. The number of sulfone groups is 1. The molecular weight excluding hydrogens is 252 g/mol. The van der Waals surface area contributed by atoms with Crippen molar-refractivity contribution in [2.75, 3.05) is 11.5 Å². The van der Waals surface area contributed by atoms with E-state index in [4.69, 9.17) is 4.74 Å². The summed E-state index contributed by atoms with van der Waals surface area (Å²) in [6, 6.07) is 5.87. The average Bonchev–Trinajstić information content (AvgIpc) is 2.83. The molecule has 4 nitrogen and oxygen atoms in total. The van der Waals surface area contributed by atoms with Crippen molar-refractivity contribution in [3.63, 3.8) is 0 Å². The van der Waals surface area contributed by atoms with Crippen molar-refractivity contribution >= 4 is 9.84 Å². The van der Waals surface area contributed by atoms with Crippen molar-refractivity contribution in [1.82, 2.24) is 0 Å². The highest BCUT2D eigenvalue weighted by Gasteiger charge is 2.38. The van der Waals surface area contributed by atoms with Gasteiger partial charge in [0.1, 0.15) is 18.0 Å². The molecule has 0 bridgehead atoms. The summed E-state index contributed by atoms with van der Waals surface area (Å²) in [6.45, 7) is 0. The van der Waals surface area contributed by atoms with Crippen molar-refractivity contribution in [2.45, 2.75) is 31.5 Å². The third kappa shape index (κ3) is 2.24. The second kappa shape index (κ2) is 4.24. The van der Waals surface area contributed by atoms with Crippen LogP contribution in [0, 0.1) is 0 Å². The Bertz CT molecular complexity index is 564.